The summed E-state index contributed by atoms with van der Waals surface area (Å²) in [5.74, 6) is 2.16. The van der Waals surface area contributed by atoms with Crippen LogP contribution < -0.4 is 0 Å². The molecule has 0 radical (unpaired) electrons. The van der Waals surface area contributed by atoms with Crippen LogP contribution in [0.25, 0.3) is 20.2 Å². The third kappa shape index (κ3) is 3.25. The highest BCUT2D eigenvalue weighted by Crippen LogP contribution is 2.34. The molecule has 0 saturated heterocycles. The number of carbonyl (C=O) groups is 1. The molecule has 1 heterocycles. The smallest absolute Gasteiger partial charge is 0.318 e. The third-order valence-corrected chi connectivity index (χ3v) is 4.65. The van der Waals surface area contributed by atoms with E-state index < -0.39 is 5.97 Å². The molecule has 3 aromatic rings. The zero-order valence-electron chi connectivity index (χ0n) is 12.7. The number of thiophene rings is 1. The normalized spacial score (nSPS) is 11.6. The van der Waals surface area contributed by atoms with Crippen LogP contribution in [-0.4, -0.2) is 11.7 Å². The number of oxime groups is 1. The summed E-state index contributed by atoms with van der Waals surface area (Å²) in [7, 11) is 0. The second-order valence-electron chi connectivity index (χ2n) is 5.13. The summed E-state index contributed by atoms with van der Waals surface area (Å²) in [5.41, 5.74) is 1.62. The molecule has 3 rings (SSSR count). The fraction of sp³-hybridized carbons (Fsp3) is 0.158. The lowest BCUT2D eigenvalue weighted by Crippen LogP contribution is -2.04. The van der Waals surface area contributed by atoms with Crippen LogP contribution in [0.3, 0.4) is 0 Å². The Bertz CT molecular complexity index is 947. The largest absolute Gasteiger partial charge is 0.331 e. The molecule has 4 heteroatoms. The van der Waals surface area contributed by atoms with E-state index in [2.05, 4.69) is 35.3 Å². The van der Waals surface area contributed by atoms with Gasteiger partial charge in [-0.05, 0) is 18.2 Å². The van der Waals surface area contributed by atoms with E-state index in [0.29, 0.717) is 18.6 Å². The summed E-state index contributed by atoms with van der Waals surface area (Å²) >= 11 is 1.76. The second kappa shape index (κ2) is 6.64. The minimum absolute atomic E-state index is 0.440. The predicted molar refractivity (Wildman–Crippen MR) is 95.7 cm³/mol. The van der Waals surface area contributed by atoms with Gasteiger partial charge in [-0.1, -0.05) is 29.4 Å². The van der Waals surface area contributed by atoms with Crippen LogP contribution in [-0.2, 0) is 9.63 Å². The van der Waals surface area contributed by atoms with Gasteiger partial charge in [-0.15, -0.1) is 23.7 Å². The van der Waals surface area contributed by atoms with Crippen molar-refractivity contribution in [2.24, 2.45) is 5.16 Å². The standard InChI is InChI=1S/C19H15NO2S/c1-3-4-8-17(20-22-13(2)21)14-10-11-19-16(12-14)15-7-5-6-9-18(15)23-19/h1,5-7,9-12H,4,8H2,2H3. The maximum absolute atomic E-state index is 11.0. The first-order valence-corrected chi connectivity index (χ1v) is 8.10. The van der Waals surface area contributed by atoms with Crippen molar-refractivity contribution < 1.29 is 9.63 Å². The van der Waals surface area contributed by atoms with Crippen LogP contribution in [0.4, 0.5) is 0 Å². The number of terminal acetylenes is 1. The first-order valence-electron chi connectivity index (χ1n) is 7.28. The molecule has 0 aliphatic carbocycles. The lowest BCUT2D eigenvalue weighted by Gasteiger charge is -2.05. The van der Waals surface area contributed by atoms with E-state index >= 15 is 0 Å². The molecule has 0 aliphatic heterocycles. The van der Waals surface area contributed by atoms with Crippen molar-refractivity contribution in [1.82, 2.24) is 0 Å². The highest BCUT2D eigenvalue weighted by molar-refractivity contribution is 7.25. The molecule has 0 bridgehead atoms. The van der Waals surface area contributed by atoms with E-state index in [1.54, 1.807) is 11.3 Å². The molecule has 1 aromatic heterocycles. The fourth-order valence-corrected chi connectivity index (χ4v) is 3.54. The monoisotopic (exact) mass is 321 g/mol. The number of hydrogen-bond donors (Lipinski definition) is 0. The molecule has 0 saturated carbocycles. The van der Waals surface area contributed by atoms with Crippen molar-refractivity contribution in [3.8, 4) is 12.3 Å². The van der Waals surface area contributed by atoms with Crippen molar-refractivity contribution in [3.05, 3.63) is 48.0 Å². The Hall–Kier alpha value is -2.64. The SMILES string of the molecule is C#CCCC(=NOC(C)=O)c1ccc2sc3ccccc3c2c1. The van der Waals surface area contributed by atoms with Gasteiger partial charge in [0.05, 0.1) is 5.71 Å². The molecule has 0 atom stereocenters. The molecule has 3 nitrogen and oxygen atoms in total. The maximum atomic E-state index is 11.0. The van der Waals surface area contributed by atoms with Crippen LogP contribution in [0.15, 0.2) is 47.6 Å². The van der Waals surface area contributed by atoms with E-state index in [1.807, 2.05) is 18.2 Å². The average molecular weight is 321 g/mol. The van der Waals surface area contributed by atoms with Crippen molar-refractivity contribution in [1.29, 1.82) is 0 Å². The summed E-state index contributed by atoms with van der Waals surface area (Å²) in [5, 5.41) is 6.38. The summed E-state index contributed by atoms with van der Waals surface area (Å²) in [6.07, 6.45) is 6.46. The second-order valence-corrected chi connectivity index (χ2v) is 6.22. The fourth-order valence-electron chi connectivity index (χ4n) is 2.46. The number of benzene rings is 2. The van der Waals surface area contributed by atoms with Crippen molar-refractivity contribution in [2.45, 2.75) is 19.8 Å². The van der Waals surface area contributed by atoms with E-state index in [9.17, 15) is 4.79 Å². The van der Waals surface area contributed by atoms with Crippen LogP contribution in [0.5, 0.6) is 0 Å². The molecule has 0 fully saturated rings. The molecule has 0 unspecified atom stereocenters. The molecule has 0 aliphatic rings. The van der Waals surface area contributed by atoms with Crippen LogP contribution in [0, 0.1) is 12.3 Å². The minimum Gasteiger partial charge on any atom is -0.318 e. The van der Waals surface area contributed by atoms with Gasteiger partial charge in [0.25, 0.3) is 0 Å². The molecule has 0 amide bonds. The summed E-state index contributed by atoms with van der Waals surface area (Å²) in [6, 6.07) is 14.5. The molecule has 114 valence electrons. The lowest BCUT2D eigenvalue weighted by molar-refractivity contribution is -0.140. The van der Waals surface area contributed by atoms with E-state index in [4.69, 9.17) is 11.3 Å². The van der Waals surface area contributed by atoms with Crippen LogP contribution >= 0.6 is 11.3 Å². The maximum Gasteiger partial charge on any atom is 0.331 e. The van der Waals surface area contributed by atoms with Crippen LogP contribution in [0.1, 0.15) is 25.3 Å². The number of rotatable bonds is 4. The Morgan fingerprint density at radius 2 is 2.00 bits per heavy atom. The van der Waals surface area contributed by atoms with Gasteiger partial charge in [-0.2, -0.15) is 0 Å². The molecule has 0 N–H and O–H groups in total. The van der Waals surface area contributed by atoms with E-state index in [-0.39, 0.29) is 0 Å². The average Bonchev–Trinajstić information content (AvgIpc) is 2.92. The molecule has 2 aromatic carbocycles. The highest BCUT2D eigenvalue weighted by Gasteiger charge is 2.10. The first kappa shape index (κ1) is 15.3. The van der Waals surface area contributed by atoms with Gasteiger partial charge in [-0.25, -0.2) is 4.79 Å². The molecule has 0 spiro atoms. The molecule has 23 heavy (non-hydrogen) atoms. The van der Waals surface area contributed by atoms with Gasteiger partial charge in [-0.3, -0.25) is 0 Å². The number of fused-ring (bicyclic) bond motifs is 3. The lowest BCUT2D eigenvalue weighted by atomic mass is 10.0. The van der Waals surface area contributed by atoms with Gasteiger partial charge >= 0.3 is 5.97 Å². The van der Waals surface area contributed by atoms with Gasteiger partial charge in [0.15, 0.2) is 0 Å². The highest BCUT2D eigenvalue weighted by atomic mass is 32.1. The Balaban J connectivity index is 2.08. The van der Waals surface area contributed by atoms with Crippen molar-refractivity contribution in [2.75, 3.05) is 0 Å². The van der Waals surface area contributed by atoms with Crippen molar-refractivity contribution in [3.63, 3.8) is 0 Å². The topological polar surface area (TPSA) is 38.7 Å². The Morgan fingerprint density at radius 3 is 2.78 bits per heavy atom. The summed E-state index contributed by atoms with van der Waals surface area (Å²) in [4.78, 5) is 15.9. The van der Waals surface area contributed by atoms with Gasteiger partial charge in [0, 0.05) is 45.5 Å². The van der Waals surface area contributed by atoms with E-state index in [0.717, 1.165) is 5.56 Å². The summed E-state index contributed by atoms with van der Waals surface area (Å²) < 4.78 is 2.47. The van der Waals surface area contributed by atoms with E-state index in [1.165, 1.54) is 27.1 Å². The first-order chi connectivity index (χ1) is 11.2. The number of carbonyl (C=O) groups excluding carboxylic acids is 1. The minimum atomic E-state index is -0.440. The number of hydrogen-bond acceptors (Lipinski definition) is 4. The Labute approximate surface area is 138 Å². The van der Waals surface area contributed by atoms with Gasteiger partial charge < -0.3 is 4.84 Å². The van der Waals surface area contributed by atoms with Gasteiger partial charge in [0.1, 0.15) is 0 Å². The zero-order chi connectivity index (χ0) is 16.2. The zero-order valence-corrected chi connectivity index (χ0v) is 13.5. The predicted octanol–water partition coefficient (Wildman–Crippen LogP) is 4.74. The third-order valence-electron chi connectivity index (χ3n) is 3.50. The summed E-state index contributed by atoms with van der Waals surface area (Å²) in [6.45, 7) is 1.33. The van der Waals surface area contributed by atoms with Crippen molar-refractivity contribution >= 4 is 43.2 Å². The Morgan fingerprint density at radius 1 is 1.22 bits per heavy atom. The molecular weight excluding hydrogens is 306 g/mol. The Kier molecular flexibility index (Phi) is 4.40. The number of nitrogens with zero attached hydrogens (tertiary/aromatic N) is 1. The van der Waals surface area contributed by atoms with Crippen LogP contribution in [0.2, 0.25) is 0 Å². The molecular formula is C19H15NO2S. The quantitative estimate of drug-likeness (QED) is 0.301. The van der Waals surface area contributed by atoms with Gasteiger partial charge in [0.2, 0.25) is 0 Å².